The molecule has 0 unspecified atom stereocenters. The number of carbonyl (C=O) groups excluding carboxylic acids is 2. The number of nitrogens with one attached hydrogen (secondary N) is 1. The van der Waals surface area contributed by atoms with Crippen LogP contribution < -0.4 is 5.32 Å². The molecule has 0 radical (unpaired) electrons. The second-order valence-corrected chi connectivity index (χ2v) is 7.23. The Morgan fingerprint density at radius 1 is 1.04 bits per heavy atom. The Morgan fingerprint density at radius 3 is 2.44 bits per heavy atom. The number of benzene rings is 1. The van der Waals surface area contributed by atoms with Crippen molar-refractivity contribution in [2.75, 3.05) is 13.1 Å². The SMILES string of the molecule is O=C(NCc1cccc(CO)c1)[C@H]1CCCC[C@@H]1C(=O)N1CCCC1. The van der Waals surface area contributed by atoms with Gasteiger partial charge in [0.2, 0.25) is 11.8 Å². The number of hydrogen-bond acceptors (Lipinski definition) is 3. The molecule has 3 rings (SSSR count). The van der Waals surface area contributed by atoms with E-state index in [9.17, 15) is 14.7 Å². The van der Waals surface area contributed by atoms with Gasteiger partial charge in [-0.25, -0.2) is 0 Å². The second-order valence-electron chi connectivity index (χ2n) is 7.23. The highest BCUT2D eigenvalue weighted by atomic mass is 16.3. The minimum atomic E-state index is -0.206. The second kappa shape index (κ2) is 8.48. The van der Waals surface area contributed by atoms with Gasteiger partial charge < -0.3 is 15.3 Å². The number of likely N-dealkylation sites (tertiary alicyclic amines) is 1. The predicted octanol–water partition coefficient (Wildman–Crippen LogP) is 2.22. The molecule has 1 aliphatic carbocycles. The Kier molecular flexibility index (Phi) is 6.08. The summed E-state index contributed by atoms with van der Waals surface area (Å²) in [5.41, 5.74) is 1.81. The number of nitrogens with zero attached hydrogens (tertiary/aromatic N) is 1. The molecule has 2 atom stereocenters. The Labute approximate surface area is 149 Å². The van der Waals surface area contributed by atoms with Crippen LogP contribution in [-0.2, 0) is 22.7 Å². The third-order valence-corrected chi connectivity index (χ3v) is 5.48. The average Bonchev–Trinajstić information content (AvgIpc) is 3.20. The smallest absolute Gasteiger partial charge is 0.226 e. The lowest BCUT2D eigenvalue weighted by molar-refractivity contribution is -0.142. The van der Waals surface area contributed by atoms with Gasteiger partial charge in [0.25, 0.3) is 0 Å². The Morgan fingerprint density at radius 2 is 1.72 bits per heavy atom. The average molecular weight is 344 g/mol. The standard InChI is InChI=1S/C20H28N2O3/c23-14-16-7-5-6-15(12-16)13-21-19(24)17-8-1-2-9-18(17)20(25)22-10-3-4-11-22/h5-7,12,17-18,23H,1-4,8-11,13-14H2,(H,21,24)/t17-,18-/m0/s1. The first-order chi connectivity index (χ1) is 12.2. The first-order valence-electron chi connectivity index (χ1n) is 9.44. The Bertz CT molecular complexity index is 611. The van der Waals surface area contributed by atoms with Crippen molar-refractivity contribution in [2.24, 2.45) is 11.8 Å². The summed E-state index contributed by atoms with van der Waals surface area (Å²) in [5.74, 6) is -0.190. The minimum Gasteiger partial charge on any atom is -0.392 e. The summed E-state index contributed by atoms with van der Waals surface area (Å²) < 4.78 is 0. The maximum atomic E-state index is 12.8. The van der Waals surface area contributed by atoms with Gasteiger partial charge in [-0.1, -0.05) is 37.1 Å². The molecule has 1 aromatic rings. The number of aliphatic hydroxyl groups is 1. The van der Waals surface area contributed by atoms with E-state index in [4.69, 9.17) is 0 Å². The van der Waals surface area contributed by atoms with E-state index in [-0.39, 0.29) is 30.3 Å². The zero-order chi connectivity index (χ0) is 17.6. The number of hydrogen-bond donors (Lipinski definition) is 2. The molecule has 136 valence electrons. The van der Waals surface area contributed by atoms with Crippen molar-refractivity contribution in [3.05, 3.63) is 35.4 Å². The van der Waals surface area contributed by atoms with E-state index in [1.807, 2.05) is 29.2 Å². The Hall–Kier alpha value is -1.88. The largest absolute Gasteiger partial charge is 0.392 e. The molecule has 25 heavy (non-hydrogen) atoms. The van der Waals surface area contributed by atoms with Crippen molar-refractivity contribution in [3.8, 4) is 0 Å². The molecule has 1 saturated carbocycles. The highest BCUT2D eigenvalue weighted by molar-refractivity contribution is 5.88. The van der Waals surface area contributed by atoms with E-state index in [1.165, 1.54) is 0 Å². The maximum Gasteiger partial charge on any atom is 0.226 e. The van der Waals surface area contributed by atoms with E-state index >= 15 is 0 Å². The minimum absolute atomic E-state index is 0.00315. The quantitative estimate of drug-likeness (QED) is 0.860. The van der Waals surface area contributed by atoms with Gasteiger partial charge in [0.15, 0.2) is 0 Å². The molecule has 2 aliphatic rings. The van der Waals surface area contributed by atoms with Gasteiger partial charge in [-0.15, -0.1) is 0 Å². The van der Waals surface area contributed by atoms with Crippen LogP contribution in [0.4, 0.5) is 0 Å². The van der Waals surface area contributed by atoms with Gasteiger partial charge in [0, 0.05) is 31.5 Å². The van der Waals surface area contributed by atoms with E-state index in [0.29, 0.717) is 6.54 Å². The van der Waals surface area contributed by atoms with Crippen LogP contribution in [0, 0.1) is 11.8 Å². The molecule has 2 N–H and O–H groups in total. The molecular weight excluding hydrogens is 316 g/mol. The summed E-state index contributed by atoms with van der Waals surface area (Å²) in [6.45, 7) is 2.12. The van der Waals surface area contributed by atoms with E-state index < -0.39 is 0 Å². The van der Waals surface area contributed by atoms with Crippen molar-refractivity contribution < 1.29 is 14.7 Å². The number of carbonyl (C=O) groups is 2. The maximum absolute atomic E-state index is 12.8. The van der Waals surface area contributed by atoms with Crippen LogP contribution >= 0.6 is 0 Å². The topological polar surface area (TPSA) is 69.6 Å². The molecule has 5 heteroatoms. The van der Waals surface area contributed by atoms with Crippen molar-refractivity contribution in [2.45, 2.75) is 51.7 Å². The molecule has 1 aromatic carbocycles. The van der Waals surface area contributed by atoms with Crippen LogP contribution in [0.15, 0.2) is 24.3 Å². The van der Waals surface area contributed by atoms with Crippen molar-refractivity contribution in [3.63, 3.8) is 0 Å². The number of rotatable bonds is 5. The third kappa shape index (κ3) is 4.40. The first kappa shape index (κ1) is 17.9. The lowest BCUT2D eigenvalue weighted by atomic mass is 9.78. The normalized spacial score (nSPS) is 23.5. The molecule has 0 spiro atoms. The number of amides is 2. The summed E-state index contributed by atoms with van der Waals surface area (Å²) in [5, 5.41) is 12.2. The van der Waals surface area contributed by atoms with Crippen LogP contribution in [0.25, 0.3) is 0 Å². The van der Waals surface area contributed by atoms with Gasteiger partial charge in [-0.05, 0) is 36.8 Å². The first-order valence-corrected chi connectivity index (χ1v) is 9.44. The van der Waals surface area contributed by atoms with Crippen molar-refractivity contribution >= 4 is 11.8 Å². The monoisotopic (exact) mass is 344 g/mol. The van der Waals surface area contributed by atoms with Gasteiger partial charge in [-0.2, -0.15) is 0 Å². The molecule has 1 aliphatic heterocycles. The molecule has 0 aromatic heterocycles. The van der Waals surface area contributed by atoms with Crippen LogP contribution in [0.5, 0.6) is 0 Å². The van der Waals surface area contributed by atoms with Crippen molar-refractivity contribution in [1.82, 2.24) is 10.2 Å². The van der Waals surface area contributed by atoms with E-state index in [1.54, 1.807) is 0 Å². The summed E-state index contributed by atoms with van der Waals surface area (Å²) in [6, 6.07) is 7.58. The summed E-state index contributed by atoms with van der Waals surface area (Å²) >= 11 is 0. The summed E-state index contributed by atoms with van der Waals surface area (Å²) in [4.78, 5) is 27.5. The van der Waals surface area contributed by atoms with E-state index in [0.717, 1.165) is 62.7 Å². The molecule has 2 amide bonds. The summed E-state index contributed by atoms with van der Waals surface area (Å²) in [7, 11) is 0. The molecule has 0 bridgehead atoms. The van der Waals surface area contributed by atoms with E-state index in [2.05, 4.69) is 5.32 Å². The number of aliphatic hydroxyl groups excluding tert-OH is 1. The van der Waals surface area contributed by atoms with Crippen LogP contribution in [0.3, 0.4) is 0 Å². The highest BCUT2D eigenvalue weighted by Crippen LogP contribution is 2.32. The molecule has 5 nitrogen and oxygen atoms in total. The van der Waals surface area contributed by atoms with Gasteiger partial charge in [0.1, 0.15) is 0 Å². The molecule has 2 fully saturated rings. The lowest BCUT2D eigenvalue weighted by Crippen LogP contribution is -2.44. The van der Waals surface area contributed by atoms with Gasteiger partial charge >= 0.3 is 0 Å². The van der Waals surface area contributed by atoms with Crippen LogP contribution in [0.1, 0.15) is 49.7 Å². The fourth-order valence-electron chi connectivity index (χ4n) is 4.07. The zero-order valence-electron chi connectivity index (χ0n) is 14.7. The third-order valence-electron chi connectivity index (χ3n) is 5.48. The van der Waals surface area contributed by atoms with Crippen molar-refractivity contribution in [1.29, 1.82) is 0 Å². The van der Waals surface area contributed by atoms with Gasteiger partial charge in [-0.3, -0.25) is 9.59 Å². The molecule has 1 heterocycles. The summed E-state index contributed by atoms with van der Waals surface area (Å²) in [6.07, 6.45) is 5.83. The molecule has 1 saturated heterocycles. The fraction of sp³-hybridized carbons (Fsp3) is 0.600. The lowest BCUT2D eigenvalue weighted by Gasteiger charge is -2.32. The zero-order valence-corrected chi connectivity index (χ0v) is 14.7. The predicted molar refractivity (Wildman–Crippen MR) is 95.5 cm³/mol. The highest BCUT2D eigenvalue weighted by Gasteiger charge is 2.38. The van der Waals surface area contributed by atoms with Crippen LogP contribution in [-0.4, -0.2) is 34.9 Å². The van der Waals surface area contributed by atoms with Crippen LogP contribution in [0.2, 0.25) is 0 Å². The Balaban J connectivity index is 1.61. The molecular formula is C20H28N2O3. The van der Waals surface area contributed by atoms with Gasteiger partial charge in [0.05, 0.1) is 6.61 Å². The fourth-order valence-corrected chi connectivity index (χ4v) is 4.07.